The number of nitrogens with zero attached hydrogens (tertiary/aromatic N) is 1. The summed E-state index contributed by atoms with van der Waals surface area (Å²) in [6, 6.07) is 14.5. The highest BCUT2D eigenvalue weighted by molar-refractivity contribution is 5.89. The summed E-state index contributed by atoms with van der Waals surface area (Å²) in [5, 5.41) is 12.3. The number of carboxylic acid groups (broad SMARTS) is 1. The Morgan fingerprint density at radius 2 is 1.68 bits per heavy atom. The summed E-state index contributed by atoms with van der Waals surface area (Å²) in [4.78, 5) is 39.3. The van der Waals surface area contributed by atoms with Crippen molar-refractivity contribution in [3.63, 3.8) is 0 Å². The SMILES string of the molecule is CC[C@H](C)[C@H](NC(=O)OCC1c2ccccc2-c2ccccc21)C(=O)N1CCCC[C@@H]1C(=O)O. The quantitative estimate of drug-likeness (QED) is 0.633. The predicted octanol–water partition coefficient (Wildman–Crippen LogP) is 4.41. The Labute approximate surface area is 200 Å². The minimum absolute atomic E-state index is 0.0746. The molecule has 4 rings (SSSR count). The summed E-state index contributed by atoms with van der Waals surface area (Å²) in [5.41, 5.74) is 4.52. The van der Waals surface area contributed by atoms with E-state index in [9.17, 15) is 19.5 Å². The molecule has 2 N–H and O–H groups in total. The van der Waals surface area contributed by atoms with Crippen molar-refractivity contribution in [3.05, 3.63) is 59.7 Å². The van der Waals surface area contributed by atoms with Crippen LogP contribution in [0.4, 0.5) is 4.79 Å². The number of alkyl carbamates (subject to hydrolysis) is 1. The number of hydrogen-bond acceptors (Lipinski definition) is 4. The van der Waals surface area contributed by atoms with Crippen molar-refractivity contribution >= 4 is 18.0 Å². The number of ether oxygens (including phenoxy) is 1. The number of hydrogen-bond donors (Lipinski definition) is 2. The lowest BCUT2D eigenvalue weighted by atomic mass is 9.95. The Morgan fingerprint density at radius 3 is 2.26 bits per heavy atom. The number of likely N-dealkylation sites (tertiary alicyclic amines) is 1. The van der Waals surface area contributed by atoms with E-state index in [1.54, 1.807) is 0 Å². The highest BCUT2D eigenvalue weighted by Crippen LogP contribution is 2.44. The van der Waals surface area contributed by atoms with Gasteiger partial charge in [0.1, 0.15) is 18.7 Å². The maximum Gasteiger partial charge on any atom is 0.407 e. The van der Waals surface area contributed by atoms with Crippen LogP contribution in [-0.2, 0) is 14.3 Å². The van der Waals surface area contributed by atoms with Gasteiger partial charge in [0.15, 0.2) is 0 Å². The van der Waals surface area contributed by atoms with E-state index in [-0.39, 0.29) is 24.3 Å². The molecule has 2 amide bonds. The molecule has 0 radical (unpaired) electrons. The largest absolute Gasteiger partial charge is 0.480 e. The lowest BCUT2D eigenvalue weighted by molar-refractivity contribution is -0.153. The number of amides is 2. The molecule has 0 aromatic heterocycles. The van der Waals surface area contributed by atoms with Gasteiger partial charge in [-0.15, -0.1) is 0 Å². The van der Waals surface area contributed by atoms with Crippen LogP contribution in [0.15, 0.2) is 48.5 Å². The highest BCUT2D eigenvalue weighted by atomic mass is 16.5. The third kappa shape index (κ3) is 4.65. The van der Waals surface area contributed by atoms with Crippen LogP contribution in [0.1, 0.15) is 56.6 Å². The number of benzene rings is 2. The zero-order valence-electron chi connectivity index (χ0n) is 19.7. The molecule has 180 valence electrons. The lowest BCUT2D eigenvalue weighted by Crippen LogP contribution is -2.57. The Morgan fingerprint density at radius 1 is 1.06 bits per heavy atom. The number of aliphatic carboxylic acids is 1. The molecular formula is C27H32N2O5. The number of carbonyl (C=O) groups excluding carboxylic acids is 2. The van der Waals surface area contributed by atoms with Crippen LogP contribution in [-0.4, -0.2) is 53.2 Å². The van der Waals surface area contributed by atoms with Gasteiger partial charge in [-0.1, -0.05) is 68.8 Å². The molecular weight excluding hydrogens is 432 g/mol. The van der Waals surface area contributed by atoms with E-state index in [1.165, 1.54) is 4.90 Å². The van der Waals surface area contributed by atoms with Crippen molar-refractivity contribution in [2.45, 2.75) is 57.5 Å². The molecule has 2 aromatic carbocycles. The fraction of sp³-hybridized carbons (Fsp3) is 0.444. The van der Waals surface area contributed by atoms with E-state index in [2.05, 4.69) is 29.6 Å². The molecule has 1 saturated heterocycles. The Balaban J connectivity index is 1.46. The summed E-state index contributed by atoms with van der Waals surface area (Å²) in [5.74, 6) is -1.59. The smallest absolute Gasteiger partial charge is 0.407 e. The number of piperidine rings is 1. The van der Waals surface area contributed by atoms with Crippen LogP contribution in [0.2, 0.25) is 0 Å². The summed E-state index contributed by atoms with van der Waals surface area (Å²) < 4.78 is 5.64. The molecule has 1 aliphatic carbocycles. The number of nitrogens with one attached hydrogen (secondary N) is 1. The molecule has 1 heterocycles. The maximum atomic E-state index is 13.3. The fourth-order valence-electron chi connectivity index (χ4n) is 5.08. The normalized spacial score (nSPS) is 19.0. The second-order valence-corrected chi connectivity index (χ2v) is 9.21. The second-order valence-electron chi connectivity index (χ2n) is 9.21. The van der Waals surface area contributed by atoms with E-state index >= 15 is 0 Å². The zero-order valence-corrected chi connectivity index (χ0v) is 19.7. The molecule has 0 unspecified atom stereocenters. The van der Waals surface area contributed by atoms with Crippen LogP contribution >= 0.6 is 0 Å². The van der Waals surface area contributed by atoms with Crippen LogP contribution < -0.4 is 5.32 Å². The van der Waals surface area contributed by atoms with Gasteiger partial charge in [-0.2, -0.15) is 0 Å². The number of carboxylic acids is 1. The van der Waals surface area contributed by atoms with Gasteiger partial charge in [0, 0.05) is 12.5 Å². The van der Waals surface area contributed by atoms with Crippen LogP contribution in [0, 0.1) is 5.92 Å². The first kappa shape index (κ1) is 23.8. The molecule has 0 bridgehead atoms. The average molecular weight is 465 g/mol. The van der Waals surface area contributed by atoms with E-state index in [0.717, 1.165) is 35.1 Å². The van der Waals surface area contributed by atoms with Gasteiger partial charge >= 0.3 is 12.1 Å². The Bertz CT molecular complexity index is 1020. The van der Waals surface area contributed by atoms with Crippen LogP contribution in [0.5, 0.6) is 0 Å². The van der Waals surface area contributed by atoms with Crippen molar-refractivity contribution in [2.75, 3.05) is 13.2 Å². The van der Waals surface area contributed by atoms with Crippen molar-refractivity contribution in [3.8, 4) is 11.1 Å². The predicted molar refractivity (Wildman–Crippen MR) is 128 cm³/mol. The van der Waals surface area contributed by atoms with E-state index < -0.39 is 24.1 Å². The van der Waals surface area contributed by atoms with Crippen molar-refractivity contribution < 1.29 is 24.2 Å². The molecule has 34 heavy (non-hydrogen) atoms. The summed E-state index contributed by atoms with van der Waals surface area (Å²) in [6.45, 7) is 4.36. The van der Waals surface area contributed by atoms with Crippen molar-refractivity contribution in [1.82, 2.24) is 10.2 Å². The molecule has 2 aromatic rings. The van der Waals surface area contributed by atoms with Gasteiger partial charge in [0.2, 0.25) is 5.91 Å². The molecule has 7 nitrogen and oxygen atoms in total. The second kappa shape index (κ2) is 10.3. The summed E-state index contributed by atoms with van der Waals surface area (Å²) in [7, 11) is 0. The van der Waals surface area contributed by atoms with E-state index in [4.69, 9.17) is 4.74 Å². The van der Waals surface area contributed by atoms with Crippen LogP contribution in [0.25, 0.3) is 11.1 Å². The maximum absolute atomic E-state index is 13.3. The van der Waals surface area contributed by atoms with Gasteiger partial charge in [0.25, 0.3) is 0 Å². The molecule has 1 aliphatic heterocycles. The van der Waals surface area contributed by atoms with Gasteiger partial charge in [-0.05, 0) is 47.4 Å². The van der Waals surface area contributed by atoms with Crippen molar-refractivity contribution in [2.24, 2.45) is 5.92 Å². The molecule has 3 atom stereocenters. The molecule has 7 heteroatoms. The lowest BCUT2D eigenvalue weighted by Gasteiger charge is -2.36. The molecule has 2 aliphatic rings. The number of fused-ring (bicyclic) bond motifs is 3. The van der Waals surface area contributed by atoms with Gasteiger partial charge in [0.05, 0.1) is 0 Å². The van der Waals surface area contributed by atoms with Gasteiger partial charge in [-0.3, -0.25) is 4.79 Å². The van der Waals surface area contributed by atoms with E-state index in [1.807, 2.05) is 38.1 Å². The standard InChI is InChI=1S/C27H32N2O5/c1-3-17(2)24(25(30)29-15-9-8-14-23(29)26(31)32)28-27(33)34-16-22-20-12-6-4-10-18(20)19-11-5-7-13-21(19)22/h4-7,10-13,17,22-24H,3,8-9,14-16H2,1-2H3,(H,28,33)(H,31,32)/t17-,23+,24-/m0/s1. The van der Waals surface area contributed by atoms with Crippen molar-refractivity contribution in [1.29, 1.82) is 0 Å². The van der Waals surface area contributed by atoms with Gasteiger partial charge < -0.3 is 20.1 Å². The first-order chi connectivity index (χ1) is 16.4. The number of rotatable bonds is 7. The third-order valence-corrected chi connectivity index (χ3v) is 7.17. The number of carbonyl (C=O) groups is 3. The van der Waals surface area contributed by atoms with E-state index in [0.29, 0.717) is 19.4 Å². The Kier molecular flexibility index (Phi) is 7.20. The third-order valence-electron chi connectivity index (χ3n) is 7.17. The Hall–Kier alpha value is -3.35. The summed E-state index contributed by atoms with van der Waals surface area (Å²) >= 11 is 0. The van der Waals surface area contributed by atoms with Crippen LogP contribution in [0.3, 0.4) is 0 Å². The minimum atomic E-state index is -1.00. The molecule has 0 spiro atoms. The molecule has 0 saturated carbocycles. The highest BCUT2D eigenvalue weighted by Gasteiger charge is 2.38. The minimum Gasteiger partial charge on any atom is -0.480 e. The average Bonchev–Trinajstić information content (AvgIpc) is 3.18. The monoisotopic (exact) mass is 464 g/mol. The first-order valence-corrected chi connectivity index (χ1v) is 12.1. The fourth-order valence-corrected chi connectivity index (χ4v) is 5.08. The molecule has 1 fully saturated rings. The zero-order chi connectivity index (χ0) is 24.2. The topological polar surface area (TPSA) is 95.9 Å². The summed E-state index contributed by atoms with van der Waals surface area (Å²) in [6.07, 6.45) is 1.96. The van der Waals surface area contributed by atoms with Gasteiger partial charge in [-0.25, -0.2) is 9.59 Å². The first-order valence-electron chi connectivity index (χ1n) is 12.1.